The van der Waals surface area contributed by atoms with Crippen LogP contribution < -0.4 is 5.32 Å². The van der Waals surface area contributed by atoms with Crippen LogP contribution in [-0.2, 0) is 16.1 Å². The summed E-state index contributed by atoms with van der Waals surface area (Å²) in [5.41, 5.74) is 2.79. The first-order chi connectivity index (χ1) is 13.0. The molecular formula is C21H20N2O4. The van der Waals surface area contributed by atoms with Crippen molar-refractivity contribution in [3.8, 4) is 0 Å². The van der Waals surface area contributed by atoms with E-state index < -0.39 is 5.97 Å². The van der Waals surface area contributed by atoms with Gasteiger partial charge in [0.15, 0.2) is 0 Å². The highest BCUT2D eigenvalue weighted by molar-refractivity contribution is 6.04. The molecule has 0 aromatic heterocycles. The number of nitrogens with one attached hydrogen (secondary N) is 1. The monoisotopic (exact) mass is 364 g/mol. The van der Waals surface area contributed by atoms with Crippen molar-refractivity contribution < 1.29 is 19.5 Å². The number of benzene rings is 2. The normalized spacial score (nSPS) is 13.9. The fourth-order valence-corrected chi connectivity index (χ4v) is 2.95. The highest BCUT2D eigenvalue weighted by atomic mass is 16.4. The van der Waals surface area contributed by atoms with E-state index in [4.69, 9.17) is 5.11 Å². The van der Waals surface area contributed by atoms with Gasteiger partial charge in [-0.15, -0.1) is 0 Å². The van der Waals surface area contributed by atoms with Crippen molar-refractivity contribution >= 4 is 29.5 Å². The Bertz CT molecular complexity index is 887. The largest absolute Gasteiger partial charge is 0.478 e. The van der Waals surface area contributed by atoms with Gasteiger partial charge in [0, 0.05) is 36.8 Å². The van der Waals surface area contributed by atoms with E-state index in [1.165, 1.54) is 6.08 Å². The summed E-state index contributed by atoms with van der Waals surface area (Å²) >= 11 is 0. The summed E-state index contributed by atoms with van der Waals surface area (Å²) in [7, 11) is 0. The van der Waals surface area contributed by atoms with Gasteiger partial charge in [-0.3, -0.25) is 9.59 Å². The Labute approximate surface area is 157 Å². The standard InChI is InChI=1S/C21H20N2O4/c24-19-5-2-12-23(19)14-16-3-1-4-17(13-16)21(27)22-18-9-6-15(7-10-18)8-11-20(25)26/h1,3-4,6-11,13H,2,5,12,14H2,(H,22,27)(H,25,26)/b11-8+. The van der Waals surface area contributed by atoms with Crippen LogP contribution in [0.4, 0.5) is 5.69 Å². The van der Waals surface area contributed by atoms with E-state index in [2.05, 4.69) is 5.32 Å². The number of anilines is 1. The molecule has 0 bridgehead atoms. The minimum absolute atomic E-state index is 0.155. The Kier molecular flexibility index (Phi) is 5.66. The predicted octanol–water partition coefficient (Wildman–Crippen LogP) is 3.16. The zero-order valence-corrected chi connectivity index (χ0v) is 14.7. The number of hydrogen-bond acceptors (Lipinski definition) is 3. The first-order valence-corrected chi connectivity index (χ1v) is 8.70. The SMILES string of the molecule is O=C(O)/C=C/c1ccc(NC(=O)c2cccc(CN3CCCC3=O)c2)cc1. The maximum atomic E-state index is 12.5. The highest BCUT2D eigenvalue weighted by Gasteiger charge is 2.20. The molecule has 2 aromatic carbocycles. The van der Waals surface area contributed by atoms with E-state index in [1.54, 1.807) is 41.3 Å². The Hall–Kier alpha value is -3.41. The minimum Gasteiger partial charge on any atom is -0.478 e. The molecule has 0 spiro atoms. The van der Waals surface area contributed by atoms with Gasteiger partial charge in [0.25, 0.3) is 5.91 Å². The molecule has 1 saturated heterocycles. The molecule has 27 heavy (non-hydrogen) atoms. The highest BCUT2D eigenvalue weighted by Crippen LogP contribution is 2.17. The van der Waals surface area contributed by atoms with Crippen LogP contribution in [0.1, 0.15) is 34.3 Å². The number of amides is 2. The fourth-order valence-electron chi connectivity index (χ4n) is 2.95. The smallest absolute Gasteiger partial charge is 0.328 e. The van der Waals surface area contributed by atoms with Crippen LogP contribution in [0.5, 0.6) is 0 Å². The van der Waals surface area contributed by atoms with Gasteiger partial charge < -0.3 is 15.3 Å². The second-order valence-corrected chi connectivity index (χ2v) is 6.37. The molecule has 2 aromatic rings. The number of carbonyl (C=O) groups is 3. The molecule has 1 heterocycles. The van der Waals surface area contributed by atoms with Gasteiger partial charge >= 0.3 is 5.97 Å². The molecule has 1 aliphatic rings. The molecular weight excluding hydrogens is 344 g/mol. The van der Waals surface area contributed by atoms with Crippen molar-refractivity contribution in [1.82, 2.24) is 4.90 Å². The molecule has 2 amide bonds. The van der Waals surface area contributed by atoms with Crippen molar-refractivity contribution in [2.24, 2.45) is 0 Å². The molecule has 1 aliphatic heterocycles. The van der Waals surface area contributed by atoms with E-state index in [0.717, 1.165) is 30.2 Å². The van der Waals surface area contributed by atoms with Crippen LogP contribution in [0.25, 0.3) is 6.08 Å². The third-order valence-corrected chi connectivity index (χ3v) is 4.32. The molecule has 0 aliphatic carbocycles. The van der Waals surface area contributed by atoms with Gasteiger partial charge in [0.2, 0.25) is 5.91 Å². The van der Waals surface area contributed by atoms with Crippen molar-refractivity contribution in [2.45, 2.75) is 19.4 Å². The summed E-state index contributed by atoms with van der Waals surface area (Å²) in [6.45, 7) is 1.28. The number of carbonyl (C=O) groups excluding carboxylic acids is 2. The van der Waals surface area contributed by atoms with E-state index in [-0.39, 0.29) is 11.8 Å². The Morgan fingerprint density at radius 3 is 2.59 bits per heavy atom. The molecule has 138 valence electrons. The van der Waals surface area contributed by atoms with Gasteiger partial charge in [-0.05, 0) is 47.9 Å². The van der Waals surface area contributed by atoms with Crippen LogP contribution >= 0.6 is 0 Å². The molecule has 0 atom stereocenters. The number of aliphatic carboxylic acids is 1. The predicted molar refractivity (Wildman–Crippen MR) is 102 cm³/mol. The molecule has 6 nitrogen and oxygen atoms in total. The topological polar surface area (TPSA) is 86.7 Å². The first kappa shape index (κ1) is 18.4. The Morgan fingerprint density at radius 2 is 1.93 bits per heavy atom. The fraction of sp³-hybridized carbons (Fsp3) is 0.190. The summed E-state index contributed by atoms with van der Waals surface area (Å²) in [6.07, 6.45) is 4.02. The molecule has 0 unspecified atom stereocenters. The average molecular weight is 364 g/mol. The maximum absolute atomic E-state index is 12.5. The molecule has 6 heteroatoms. The van der Waals surface area contributed by atoms with Crippen LogP contribution in [-0.4, -0.2) is 34.3 Å². The average Bonchev–Trinajstić information content (AvgIpc) is 3.06. The van der Waals surface area contributed by atoms with E-state index in [9.17, 15) is 14.4 Å². The van der Waals surface area contributed by atoms with Crippen molar-refractivity contribution in [2.75, 3.05) is 11.9 Å². The molecule has 0 saturated carbocycles. The summed E-state index contributed by atoms with van der Waals surface area (Å²) in [6, 6.07) is 14.1. The second kappa shape index (κ2) is 8.31. The van der Waals surface area contributed by atoms with E-state index in [1.807, 2.05) is 12.1 Å². The van der Waals surface area contributed by atoms with Crippen molar-refractivity contribution in [3.05, 3.63) is 71.3 Å². The summed E-state index contributed by atoms with van der Waals surface area (Å²) < 4.78 is 0. The summed E-state index contributed by atoms with van der Waals surface area (Å²) in [5, 5.41) is 11.5. The number of hydrogen-bond donors (Lipinski definition) is 2. The lowest BCUT2D eigenvalue weighted by atomic mass is 10.1. The van der Waals surface area contributed by atoms with Gasteiger partial charge in [-0.25, -0.2) is 4.79 Å². The molecule has 0 radical (unpaired) electrons. The Morgan fingerprint density at radius 1 is 1.15 bits per heavy atom. The minimum atomic E-state index is -1.01. The number of rotatable bonds is 6. The molecule has 1 fully saturated rings. The van der Waals surface area contributed by atoms with E-state index in [0.29, 0.717) is 24.2 Å². The third-order valence-electron chi connectivity index (χ3n) is 4.32. The van der Waals surface area contributed by atoms with Gasteiger partial charge in [-0.2, -0.15) is 0 Å². The zero-order valence-electron chi connectivity index (χ0n) is 14.7. The summed E-state index contributed by atoms with van der Waals surface area (Å²) in [5.74, 6) is -1.09. The van der Waals surface area contributed by atoms with Crippen LogP contribution in [0.15, 0.2) is 54.6 Å². The van der Waals surface area contributed by atoms with Crippen molar-refractivity contribution in [3.63, 3.8) is 0 Å². The van der Waals surface area contributed by atoms with E-state index >= 15 is 0 Å². The van der Waals surface area contributed by atoms with Crippen LogP contribution in [0.2, 0.25) is 0 Å². The lowest BCUT2D eigenvalue weighted by molar-refractivity contribution is -0.131. The van der Waals surface area contributed by atoms with Crippen molar-refractivity contribution in [1.29, 1.82) is 0 Å². The first-order valence-electron chi connectivity index (χ1n) is 8.70. The number of carboxylic acid groups (broad SMARTS) is 1. The third kappa shape index (κ3) is 5.04. The molecule has 2 N–H and O–H groups in total. The van der Waals surface area contributed by atoms with Gasteiger partial charge in [-0.1, -0.05) is 24.3 Å². The van der Waals surface area contributed by atoms with Gasteiger partial charge in [0.05, 0.1) is 0 Å². The summed E-state index contributed by atoms with van der Waals surface area (Å²) in [4.78, 5) is 36.6. The quantitative estimate of drug-likeness (QED) is 0.771. The maximum Gasteiger partial charge on any atom is 0.328 e. The van der Waals surface area contributed by atoms with Crippen LogP contribution in [0, 0.1) is 0 Å². The van der Waals surface area contributed by atoms with Gasteiger partial charge in [0.1, 0.15) is 0 Å². The lowest BCUT2D eigenvalue weighted by Crippen LogP contribution is -2.24. The van der Waals surface area contributed by atoms with Crippen LogP contribution in [0.3, 0.4) is 0 Å². The second-order valence-electron chi connectivity index (χ2n) is 6.37. The Balaban J connectivity index is 1.64. The lowest BCUT2D eigenvalue weighted by Gasteiger charge is -2.16. The number of likely N-dealkylation sites (tertiary alicyclic amines) is 1. The number of nitrogens with zero attached hydrogens (tertiary/aromatic N) is 1. The number of carboxylic acids is 1. The zero-order chi connectivity index (χ0) is 19.2. The molecule has 3 rings (SSSR count).